The van der Waals surface area contributed by atoms with Crippen LogP contribution in [-0.4, -0.2) is 42.1 Å². The molecule has 8 nitrogen and oxygen atoms in total. The molecule has 2 amide bonds. The Morgan fingerprint density at radius 3 is 2.41 bits per heavy atom. The fourth-order valence-electron chi connectivity index (χ4n) is 3.66. The predicted octanol–water partition coefficient (Wildman–Crippen LogP) is 3.47. The van der Waals surface area contributed by atoms with Crippen molar-refractivity contribution in [3.8, 4) is 0 Å². The average Bonchev–Trinajstić information content (AvgIpc) is 3.33. The van der Waals surface area contributed by atoms with Gasteiger partial charge in [0.2, 0.25) is 0 Å². The van der Waals surface area contributed by atoms with Gasteiger partial charge in [-0.3, -0.25) is 9.59 Å². The molecular formula is C24H26N4O4. The van der Waals surface area contributed by atoms with Gasteiger partial charge in [0.1, 0.15) is 5.82 Å². The molecule has 4 rings (SSSR count). The number of ether oxygens (including phenoxy) is 1. The molecule has 0 aliphatic carbocycles. The minimum Gasteiger partial charge on any atom is -0.459 e. The highest BCUT2D eigenvalue weighted by Crippen LogP contribution is 2.18. The first-order valence-electron chi connectivity index (χ1n) is 10.6. The van der Waals surface area contributed by atoms with E-state index in [1.807, 2.05) is 12.1 Å². The van der Waals surface area contributed by atoms with Gasteiger partial charge in [-0.15, -0.1) is 0 Å². The molecule has 3 aromatic rings. The lowest BCUT2D eigenvalue weighted by molar-refractivity contribution is -0.00546. The smallest absolute Gasteiger partial charge is 0.291 e. The molecule has 1 aromatic carbocycles. The summed E-state index contributed by atoms with van der Waals surface area (Å²) in [5.41, 5.74) is 2.00. The molecule has 2 atom stereocenters. The van der Waals surface area contributed by atoms with Crippen LogP contribution in [0.4, 0.5) is 11.5 Å². The molecule has 1 fully saturated rings. The summed E-state index contributed by atoms with van der Waals surface area (Å²) >= 11 is 0. The van der Waals surface area contributed by atoms with Gasteiger partial charge in [0.05, 0.1) is 18.5 Å². The summed E-state index contributed by atoms with van der Waals surface area (Å²) in [4.78, 5) is 31.2. The molecule has 1 aliphatic rings. The van der Waals surface area contributed by atoms with Crippen LogP contribution in [0.5, 0.6) is 0 Å². The van der Waals surface area contributed by atoms with Gasteiger partial charge >= 0.3 is 0 Å². The highest BCUT2D eigenvalue weighted by Gasteiger charge is 2.23. The molecule has 3 heterocycles. The van der Waals surface area contributed by atoms with Gasteiger partial charge in [0.15, 0.2) is 5.76 Å². The van der Waals surface area contributed by atoms with Crippen molar-refractivity contribution in [2.75, 3.05) is 23.3 Å². The zero-order chi connectivity index (χ0) is 22.5. The quantitative estimate of drug-likeness (QED) is 0.617. The van der Waals surface area contributed by atoms with Crippen LogP contribution in [0.15, 0.2) is 65.4 Å². The lowest BCUT2D eigenvalue weighted by Crippen LogP contribution is -2.45. The van der Waals surface area contributed by atoms with E-state index in [0.29, 0.717) is 17.8 Å². The summed E-state index contributed by atoms with van der Waals surface area (Å²) in [6.07, 6.45) is 3.57. The molecule has 2 unspecified atom stereocenters. The lowest BCUT2D eigenvalue weighted by Gasteiger charge is -2.36. The summed E-state index contributed by atoms with van der Waals surface area (Å²) in [6.45, 7) is 6.12. The van der Waals surface area contributed by atoms with Crippen LogP contribution in [0.25, 0.3) is 0 Å². The first-order chi connectivity index (χ1) is 15.5. The van der Waals surface area contributed by atoms with Crippen LogP contribution >= 0.6 is 0 Å². The number of furan rings is 1. The van der Waals surface area contributed by atoms with E-state index in [2.05, 4.69) is 34.4 Å². The molecule has 1 saturated heterocycles. The second kappa shape index (κ2) is 9.65. The highest BCUT2D eigenvalue weighted by atomic mass is 16.5. The molecule has 1 aliphatic heterocycles. The number of benzene rings is 1. The lowest BCUT2D eigenvalue weighted by atomic mass is 10.2. The van der Waals surface area contributed by atoms with E-state index in [1.54, 1.807) is 42.6 Å². The number of nitrogens with one attached hydrogen (secondary N) is 2. The van der Waals surface area contributed by atoms with Crippen LogP contribution in [-0.2, 0) is 11.3 Å². The maximum absolute atomic E-state index is 12.5. The third-order valence-electron chi connectivity index (χ3n) is 5.16. The van der Waals surface area contributed by atoms with E-state index >= 15 is 0 Å². The normalized spacial score (nSPS) is 18.2. The van der Waals surface area contributed by atoms with Crippen LogP contribution in [0.3, 0.4) is 0 Å². The van der Waals surface area contributed by atoms with Crippen molar-refractivity contribution in [1.29, 1.82) is 0 Å². The predicted molar refractivity (Wildman–Crippen MR) is 121 cm³/mol. The monoisotopic (exact) mass is 434 g/mol. The van der Waals surface area contributed by atoms with E-state index in [0.717, 1.165) is 24.5 Å². The Bertz CT molecular complexity index is 1040. The molecule has 166 valence electrons. The van der Waals surface area contributed by atoms with Crippen molar-refractivity contribution in [3.05, 3.63) is 77.9 Å². The fraction of sp³-hybridized carbons (Fsp3) is 0.292. The SMILES string of the molecule is CC1CN(c2ccc(CNC(=O)c3ccc(NC(=O)c4ccco4)cc3)cn2)CC(C)O1. The Labute approximate surface area is 186 Å². The zero-order valence-corrected chi connectivity index (χ0v) is 18.1. The summed E-state index contributed by atoms with van der Waals surface area (Å²) in [7, 11) is 0. The van der Waals surface area contributed by atoms with Crippen molar-refractivity contribution < 1.29 is 18.7 Å². The average molecular weight is 434 g/mol. The van der Waals surface area contributed by atoms with Crippen molar-refractivity contribution in [1.82, 2.24) is 10.3 Å². The summed E-state index contributed by atoms with van der Waals surface area (Å²) in [6, 6.07) is 13.9. The number of nitrogens with zero attached hydrogens (tertiary/aromatic N) is 2. The number of hydrogen-bond acceptors (Lipinski definition) is 6. The van der Waals surface area contributed by atoms with Crippen LogP contribution in [0, 0.1) is 0 Å². The van der Waals surface area contributed by atoms with Crippen LogP contribution in [0.2, 0.25) is 0 Å². The topological polar surface area (TPSA) is 96.7 Å². The van der Waals surface area contributed by atoms with Gasteiger partial charge in [-0.1, -0.05) is 6.07 Å². The summed E-state index contributed by atoms with van der Waals surface area (Å²) in [5, 5.41) is 5.62. The van der Waals surface area contributed by atoms with Crippen molar-refractivity contribution in [2.45, 2.75) is 32.6 Å². The van der Waals surface area contributed by atoms with E-state index in [-0.39, 0.29) is 29.8 Å². The number of aromatic nitrogens is 1. The first-order valence-corrected chi connectivity index (χ1v) is 10.6. The Morgan fingerprint density at radius 1 is 1.03 bits per heavy atom. The van der Waals surface area contributed by atoms with Crippen LogP contribution in [0.1, 0.15) is 40.3 Å². The number of anilines is 2. The van der Waals surface area contributed by atoms with E-state index in [9.17, 15) is 9.59 Å². The zero-order valence-electron chi connectivity index (χ0n) is 18.1. The number of hydrogen-bond donors (Lipinski definition) is 2. The van der Waals surface area contributed by atoms with Gasteiger partial charge in [0.25, 0.3) is 11.8 Å². The number of amides is 2. The maximum Gasteiger partial charge on any atom is 0.291 e. The molecule has 0 saturated carbocycles. The Morgan fingerprint density at radius 2 is 1.78 bits per heavy atom. The molecule has 8 heteroatoms. The minimum absolute atomic E-state index is 0.171. The number of morpholine rings is 1. The number of carbonyl (C=O) groups excluding carboxylic acids is 2. The minimum atomic E-state index is -0.343. The van der Waals surface area contributed by atoms with Gasteiger partial charge < -0.3 is 24.7 Å². The van der Waals surface area contributed by atoms with E-state index in [4.69, 9.17) is 9.15 Å². The third-order valence-corrected chi connectivity index (χ3v) is 5.16. The number of carbonyl (C=O) groups is 2. The van der Waals surface area contributed by atoms with Crippen LogP contribution < -0.4 is 15.5 Å². The van der Waals surface area contributed by atoms with Gasteiger partial charge in [-0.2, -0.15) is 0 Å². The first kappa shape index (κ1) is 21.6. The summed E-state index contributed by atoms with van der Waals surface area (Å²) in [5.74, 6) is 0.594. The number of pyridine rings is 1. The Kier molecular flexibility index (Phi) is 6.51. The van der Waals surface area contributed by atoms with Crippen molar-refractivity contribution in [3.63, 3.8) is 0 Å². The second-order valence-electron chi connectivity index (χ2n) is 7.88. The molecule has 0 radical (unpaired) electrons. The maximum atomic E-state index is 12.5. The fourth-order valence-corrected chi connectivity index (χ4v) is 3.66. The van der Waals surface area contributed by atoms with Crippen molar-refractivity contribution >= 4 is 23.3 Å². The van der Waals surface area contributed by atoms with Gasteiger partial charge in [0, 0.05) is 37.1 Å². The van der Waals surface area contributed by atoms with E-state index < -0.39 is 0 Å². The van der Waals surface area contributed by atoms with Crippen molar-refractivity contribution in [2.24, 2.45) is 0 Å². The Balaban J connectivity index is 1.29. The molecule has 0 bridgehead atoms. The van der Waals surface area contributed by atoms with E-state index in [1.165, 1.54) is 6.26 Å². The molecule has 32 heavy (non-hydrogen) atoms. The third kappa shape index (κ3) is 5.33. The van der Waals surface area contributed by atoms with Gasteiger partial charge in [-0.05, 0) is 61.9 Å². The molecule has 0 spiro atoms. The Hall–Kier alpha value is -3.65. The molecule has 2 aromatic heterocycles. The standard InChI is InChI=1S/C24H26N4O4/c1-16-14-28(15-17(2)32-16)22-10-5-18(12-25-22)13-26-23(29)19-6-8-20(9-7-19)27-24(30)21-4-3-11-31-21/h3-12,16-17H,13-15H2,1-2H3,(H,26,29)(H,27,30). The molecule has 2 N–H and O–H groups in total. The number of rotatable bonds is 6. The summed E-state index contributed by atoms with van der Waals surface area (Å²) < 4.78 is 10.8. The molecular weight excluding hydrogens is 408 g/mol. The highest BCUT2D eigenvalue weighted by molar-refractivity contribution is 6.02. The largest absolute Gasteiger partial charge is 0.459 e. The van der Waals surface area contributed by atoms with Gasteiger partial charge in [-0.25, -0.2) is 4.98 Å². The second-order valence-corrected chi connectivity index (χ2v) is 7.88.